The SMILES string of the molecule is NC1CCN(S(=O)(=O)CCN2CCCCC2)CC1. The first-order valence-electron chi connectivity index (χ1n) is 7.04. The number of hydrogen-bond acceptors (Lipinski definition) is 4. The topological polar surface area (TPSA) is 66.6 Å². The van der Waals surface area contributed by atoms with E-state index in [2.05, 4.69) is 4.90 Å². The van der Waals surface area contributed by atoms with Crippen LogP contribution in [-0.2, 0) is 10.0 Å². The molecule has 2 saturated heterocycles. The van der Waals surface area contributed by atoms with E-state index in [0.29, 0.717) is 19.6 Å². The summed E-state index contributed by atoms with van der Waals surface area (Å²) in [6.07, 6.45) is 5.29. The van der Waals surface area contributed by atoms with Crippen LogP contribution < -0.4 is 5.73 Å². The number of rotatable bonds is 4. The van der Waals surface area contributed by atoms with Gasteiger partial charge < -0.3 is 10.6 Å². The highest BCUT2D eigenvalue weighted by atomic mass is 32.2. The summed E-state index contributed by atoms with van der Waals surface area (Å²) in [5.74, 6) is 0.266. The van der Waals surface area contributed by atoms with E-state index >= 15 is 0 Å². The molecule has 2 rings (SSSR count). The number of sulfonamides is 1. The van der Waals surface area contributed by atoms with Crippen molar-refractivity contribution >= 4 is 10.0 Å². The zero-order chi connectivity index (χ0) is 13.0. The van der Waals surface area contributed by atoms with Crippen molar-refractivity contribution in [2.45, 2.75) is 38.1 Å². The van der Waals surface area contributed by atoms with Crippen LogP contribution >= 0.6 is 0 Å². The van der Waals surface area contributed by atoms with E-state index < -0.39 is 10.0 Å². The molecule has 2 N–H and O–H groups in total. The van der Waals surface area contributed by atoms with Gasteiger partial charge >= 0.3 is 0 Å². The molecule has 0 bridgehead atoms. The molecule has 18 heavy (non-hydrogen) atoms. The van der Waals surface area contributed by atoms with Gasteiger partial charge in [0.1, 0.15) is 0 Å². The first-order chi connectivity index (χ1) is 8.58. The average Bonchev–Trinajstić information content (AvgIpc) is 2.38. The smallest absolute Gasteiger partial charge is 0.215 e. The van der Waals surface area contributed by atoms with Gasteiger partial charge in [0.15, 0.2) is 0 Å². The molecule has 0 spiro atoms. The molecule has 0 aromatic rings. The molecule has 0 amide bonds. The highest BCUT2D eigenvalue weighted by Crippen LogP contribution is 2.14. The summed E-state index contributed by atoms with van der Waals surface area (Å²) in [7, 11) is -3.07. The zero-order valence-corrected chi connectivity index (χ0v) is 11.9. The monoisotopic (exact) mass is 275 g/mol. The van der Waals surface area contributed by atoms with Gasteiger partial charge in [0, 0.05) is 25.7 Å². The van der Waals surface area contributed by atoms with Crippen molar-refractivity contribution in [3.05, 3.63) is 0 Å². The minimum Gasteiger partial charge on any atom is -0.328 e. The third kappa shape index (κ3) is 3.91. The third-order valence-corrected chi connectivity index (χ3v) is 5.86. The second kappa shape index (κ2) is 6.32. The van der Waals surface area contributed by atoms with Gasteiger partial charge in [-0.2, -0.15) is 0 Å². The molecule has 2 aliphatic rings. The summed E-state index contributed by atoms with van der Waals surface area (Å²) >= 11 is 0. The van der Waals surface area contributed by atoms with Crippen LogP contribution in [0.5, 0.6) is 0 Å². The van der Waals surface area contributed by atoms with Gasteiger partial charge in [0.2, 0.25) is 10.0 Å². The van der Waals surface area contributed by atoms with E-state index in [1.54, 1.807) is 4.31 Å². The summed E-state index contributed by atoms with van der Waals surface area (Å²) in [5, 5.41) is 0. The van der Waals surface area contributed by atoms with Gasteiger partial charge in [0.05, 0.1) is 5.75 Å². The second-order valence-corrected chi connectivity index (χ2v) is 7.54. The molecule has 2 heterocycles. The van der Waals surface area contributed by atoms with E-state index in [-0.39, 0.29) is 11.8 Å². The molecule has 0 atom stereocenters. The molecule has 0 aromatic carbocycles. The zero-order valence-electron chi connectivity index (χ0n) is 11.1. The van der Waals surface area contributed by atoms with Gasteiger partial charge in [-0.25, -0.2) is 12.7 Å². The lowest BCUT2D eigenvalue weighted by molar-refractivity contribution is 0.238. The Bertz CT molecular complexity index is 344. The van der Waals surface area contributed by atoms with E-state index in [9.17, 15) is 8.42 Å². The Balaban J connectivity index is 1.79. The normalized spacial score (nSPS) is 25.4. The molecule has 0 aromatic heterocycles. The average molecular weight is 275 g/mol. The van der Waals surface area contributed by atoms with Crippen molar-refractivity contribution in [2.24, 2.45) is 5.73 Å². The van der Waals surface area contributed by atoms with Crippen molar-refractivity contribution in [3.63, 3.8) is 0 Å². The maximum atomic E-state index is 12.2. The molecule has 5 nitrogen and oxygen atoms in total. The van der Waals surface area contributed by atoms with Crippen LogP contribution in [0.2, 0.25) is 0 Å². The fourth-order valence-corrected chi connectivity index (χ4v) is 4.22. The number of piperidine rings is 2. The standard InChI is InChI=1S/C12H25N3O2S/c13-12-4-8-15(9-5-12)18(16,17)11-10-14-6-2-1-3-7-14/h12H,1-11,13H2. The van der Waals surface area contributed by atoms with Crippen LogP contribution in [0.1, 0.15) is 32.1 Å². The highest BCUT2D eigenvalue weighted by Gasteiger charge is 2.27. The Morgan fingerprint density at radius 3 is 2.22 bits per heavy atom. The minimum absolute atomic E-state index is 0.179. The summed E-state index contributed by atoms with van der Waals surface area (Å²) in [5.41, 5.74) is 5.80. The summed E-state index contributed by atoms with van der Waals surface area (Å²) in [6.45, 7) is 4.00. The van der Waals surface area contributed by atoms with Crippen LogP contribution in [0.3, 0.4) is 0 Å². The Labute approximate surface area is 110 Å². The number of likely N-dealkylation sites (tertiary alicyclic amines) is 1. The lowest BCUT2D eigenvalue weighted by Crippen LogP contribution is -2.45. The molecule has 6 heteroatoms. The van der Waals surface area contributed by atoms with Gasteiger partial charge in [-0.3, -0.25) is 0 Å². The number of hydrogen-bond donors (Lipinski definition) is 1. The molecular weight excluding hydrogens is 250 g/mol. The fraction of sp³-hybridized carbons (Fsp3) is 1.00. The molecule has 0 unspecified atom stereocenters. The lowest BCUT2D eigenvalue weighted by Gasteiger charge is -2.31. The Morgan fingerprint density at radius 2 is 1.61 bits per heavy atom. The molecule has 0 aliphatic carbocycles. The number of nitrogens with zero attached hydrogens (tertiary/aromatic N) is 2. The Kier molecular flexibility index (Phi) is 5.00. The molecule has 2 aliphatic heterocycles. The second-order valence-electron chi connectivity index (χ2n) is 5.45. The van der Waals surface area contributed by atoms with Crippen molar-refractivity contribution < 1.29 is 8.42 Å². The van der Waals surface area contributed by atoms with Gasteiger partial charge in [-0.1, -0.05) is 6.42 Å². The van der Waals surface area contributed by atoms with Crippen molar-refractivity contribution in [2.75, 3.05) is 38.5 Å². The van der Waals surface area contributed by atoms with Crippen LogP contribution in [0, 0.1) is 0 Å². The summed E-state index contributed by atoms with van der Waals surface area (Å²) < 4.78 is 26.0. The number of nitrogens with two attached hydrogens (primary N) is 1. The quantitative estimate of drug-likeness (QED) is 0.797. The third-order valence-electron chi connectivity index (χ3n) is 4.01. The maximum Gasteiger partial charge on any atom is 0.215 e. The van der Waals surface area contributed by atoms with Crippen LogP contribution in [0.15, 0.2) is 0 Å². The van der Waals surface area contributed by atoms with E-state index in [1.807, 2.05) is 0 Å². The van der Waals surface area contributed by atoms with Gasteiger partial charge in [-0.05, 0) is 38.8 Å². The van der Waals surface area contributed by atoms with E-state index in [0.717, 1.165) is 25.9 Å². The maximum absolute atomic E-state index is 12.2. The van der Waals surface area contributed by atoms with Crippen LogP contribution in [0.25, 0.3) is 0 Å². The largest absolute Gasteiger partial charge is 0.328 e. The molecule has 106 valence electrons. The summed E-state index contributed by atoms with van der Waals surface area (Å²) in [6, 6.07) is 0.179. The fourth-order valence-electron chi connectivity index (χ4n) is 2.71. The minimum atomic E-state index is -3.07. The molecule has 0 saturated carbocycles. The first kappa shape index (κ1) is 14.2. The summed E-state index contributed by atoms with van der Waals surface area (Å²) in [4.78, 5) is 2.27. The van der Waals surface area contributed by atoms with Crippen LogP contribution in [0.4, 0.5) is 0 Å². The Hall–Kier alpha value is -0.170. The lowest BCUT2D eigenvalue weighted by atomic mass is 10.1. The van der Waals surface area contributed by atoms with Gasteiger partial charge in [-0.15, -0.1) is 0 Å². The molecular formula is C12H25N3O2S. The van der Waals surface area contributed by atoms with Crippen molar-refractivity contribution in [3.8, 4) is 0 Å². The predicted octanol–water partition coefficient (Wildman–Crippen LogP) is 0.225. The molecule has 2 fully saturated rings. The first-order valence-corrected chi connectivity index (χ1v) is 8.64. The van der Waals surface area contributed by atoms with Crippen molar-refractivity contribution in [1.82, 2.24) is 9.21 Å². The van der Waals surface area contributed by atoms with E-state index in [1.165, 1.54) is 19.3 Å². The van der Waals surface area contributed by atoms with E-state index in [4.69, 9.17) is 5.73 Å². The van der Waals surface area contributed by atoms with Gasteiger partial charge in [0.25, 0.3) is 0 Å². The van der Waals surface area contributed by atoms with Crippen molar-refractivity contribution in [1.29, 1.82) is 0 Å². The Morgan fingerprint density at radius 1 is 1.00 bits per heavy atom. The highest BCUT2D eigenvalue weighted by molar-refractivity contribution is 7.89. The van der Waals surface area contributed by atoms with Crippen LogP contribution in [-0.4, -0.2) is 62.1 Å². The predicted molar refractivity (Wildman–Crippen MR) is 72.9 cm³/mol. The molecule has 0 radical (unpaired) electrons.